The Morgan fingerprint density at radius 1 is 0.935 bits per heavy atom. The van der Waals surface area contributed by atoms with Crippen molar-refractivity contribution in [3.05, 3.63) is 106 Å². The van der Waals surface area contributed by atoms with E-state index in [1.165, 1.54) is 18.2 Å². The number of rotatable bonds is 6. The van der Waals surface area contributed by atoms with Crippen LogP contribution in [0, 0.1) is 11.6 Å². The number of imide groups is 1. The lowest BCUT2D eigenvalue weighted by atomic mass is 10.2. The second-order valence-electron chi connectivity index (χ2n) is 6.85. The summed E-state index contributed by atoms with van der Waals surface area (Å²) in [4.78, 5) is 26.4. The zero-order chi connectivity index (χ0) is 21.8. The summed E-state index contributed by atoms with van der Waals surface area (Å²) in [7, 11) is 0. The molecule has 1 fully saturated rings. The Morgan fingerprint density at radius 2 is 1.71 bits per heavy atom. The van der Waals surface area contributed by atoms with Gasteiger partial charge in [0.25, 0.3) is 11.1 Å². The highest BCUT2D eigenvalue weighted by atomic mass is 32.2. The van der Waals surface area contributed by atoms with Crippen molar-refractivity contribution >= 4 is 29.0 Å². The molecule has 156 valence electrons. The van der Waals surface area contributed by atoms with Crippen LogP contribution in [0.5, 0.6) is 5.75 Å². The number of carbonyl (C=O) groups excluding carboxylic acids is 2. The van der Waals surface area contributed by atoms with Crippen molar-refractivity contribution in [1.82, 2.24) is 4.90 Å². The Balaban J connectivity index is 1.46. The Bertz CT molecular complexity index is 1160. The van der Waals surface area contributed by atoms with Gasteiger partial charge < -0.3 is 4.74 Å². The first-order valence-corrected chi connectivity index (χ1v) is 10.3. The summed E-state index contributed by atoms with van der Waals surface area (Å²) >= 11 is 0.851. The zero-order valence-corrected chi connectivity index (χ0v) is 17.1. The van der Waals surface area contributed by atoms with E-state index in [0.29, 0.717) is 27.3 Å². The smallest absolute Gasteiger partial charge is 0.293 e. The molecule has 1 aliphatic rings. The second-order valence-corrected chi connectivity index (χ2v) is 7.84. The van der Waals surface area contributed by atoms with Crippen LogP contribution in [0.2, 0.25) is 0 Å². The fourth-order valence-corrected chi connectivity index (χ4v) is 3.87. The van der Waals surface area contributed by atoms with Gasteiger partial charge in [0, 0.05) is 5.56 Å². The molecule has 0 unspecified atom stereocenters. The van der Waals surface area contributed by atoms with E-state index in [0.717, 1.165) is 16.7 Å². The first-order chi connectivity index (χ1) is 15.0. The maximum absolute atomic E-state index is 13.7. The van der Waals surface area contributed by atoms with Gasteiger partial charge in [0.15, 0.2) is 0 Å². The summed E-state index contributed by atoms with van der Waals surface area (Å²) in [6.07, 6.45) is 1.62. The van der Waals surface area contributed by atoms with E-state index in [1.807, 2.05) is 0 Å². The minimum absolute atomic E-state index is 0.0737. The molecule has 0 spiro atoms. The molecular weight excluding hydrogens is 420 g/mol. The number of halogens is 2. The molecule has 1 heterocycles. The Kier molecular flexibility index (Phi) is 6.13. The van der Waals surface area contributed by atoms with Gasteiger partial charge in [-0.15, -0.1) is 0 Å². The van der Waals surface area contributed by atoms with Gasteiger partial charge in [-0.3, -0.25) is 14.5 Å². The summed E-state index contributed by atoms with van der Waals surface area (Å²) in [6.45, 7) is 0.151. The van der Waals surface area contributed by atoms with Crippen molar-refractivity contribution in [1.29, 1.82) is 0 Å². The van der Waals surface area contributed by atoms with Gasteiger partial charge in [0.05, 0.1) is 11.4 Å². The third-order valence-corrected chi connectivity index (χ3v) is 5.54. The van der Waals surface area contributed by atoms with Gasteiger partial charge in [-0.25, -0.2) is 8.78 Å². The monoisotopic (exact) mass is 437 g/mol. The van der Waals surface area contributed by atoms with Crippen molar-refractivity contribution in [3.8, 4) is 5.75 Å². The van der Waals surface area contributed by atoms with E-state index in [1.54, 1.807) is 60.7 Å². The van der Waals surface area contributed by atoms with E-state index in [-0.39, 0.29) is 30.0 Å². The predicted molar refractivity (Wildman–Crippen MR) is 115 cm³/mol. The van der Waals surface area contributed by atoms with Crippen molar-refractivity contribution in [2.45, 2.75) is 13.2 Å². The number of hydrogen-bond acceptors (Lipinski definition) is 4. The largest absolute Gasteiger partial charge is 0.489 e. The topological polar surface area (TPSA) is 46.6 Å². The normalized spacial score (nSPS) is 15.0. The lowest BCUT2D eigenvalue weighted by Gasteiger charge is -2.12. The molecule has 0 radical (unpaired) electrons. The molecule has 0 aliphatic carbocycles. The first kappa shape index (κ1) is 20.8. The quantitative estimate of drug-likeness (QED) is 0.459. The van der Waals surface area contributed by atoms with E-state index < -0.39 is 5.91 Å². The average molecular weight is 437 g/mol. The predicted octanol–water partition coefficient (Wildman–Crippen LogP) is 5.78. The molecule has 0 aromatic heterocycles. The molecule has 3 aromatic rings. The van der Waals surface area contributed by atoms with E-state index in [4.69, 9.17) is 4.74 Å². The van der Waals surface area contributed by atoms with Crippen LogP contribution in [0.4, 0.5) is 13.6 Å². The van der Waals surface area contributed by atoms with Crippen LogP contribution in [0.3, 0.4) is 0 Å². The van der Waals surface area contributed by atoms with Crippen LogP contribution in [0.1, 0.15) is 16.7 Å². The fraction of sp³-hybridized carbons (Fsp3) is 0.0833. The summed E-state index contributed by atoms with van der Waals surface area (Å²) in [6, 6.07) is 19.0. The lowest BCUT2D eigenvalue weighted by Crippen LogP contribution is -2.27. The number of amides is 2. The van der Waals surface area contributed by atoms with Gasteiger partial charge in [-0.1, -0.05) is 42.5 Å². The van der Waals surface area contributed by atoms with E-state index in [2.05, 4.69) is 0 Å². The number of ether oxygens (including phenoxy) is 1. The standard InChI is InChI=1S/C24H17F2NO3S/c25-19-10-8-16(9-11-19)14-27-23(28)22(31-24(27)29)13-17-4-3-6-20(12-17)30-15-18-5-1-2-7-21(18)26/h1-13H,14-15H2/b22-13-. The first-order valence-electron chi connectivity index (χ1n) is 9.46. The summed E-state index contributed by atoms with van der Waals surface area (Å²) in [5.41, 5.74) is 1.78. The minimum Gasteiger partial charge on any atom is -0.489 e. The highest BCUT2D eigenvalue weighted by Gasteiger charge is 2.34. The molecule has 0 N–H and O–H groups in total. The summed E-state index contributed by atoms with van der Waals surface area (Å²) in [5.74, 6) is -0.608. The molecule has 0 atom stereocenters. The van der Waals surface area contributed by atoms with Crippen LogP contribution < -0.4 is 4.74 Å². The van der Waals surface area contributed by atoms with Crippen molar-refractivity contribution < 1.29 is 23.1 Å². The molecule has 0 saturated carbocycles. The fourth-order valence-electron chi connectivity index (χ4n) is 3.03. The average Bonchev–Trinajstić information content (AvgIpc) is 3.02. The molecule has 1 aliphatic heterocycles. The van der Waals surface area contributed by atoms with E-state index >= 15 is 0 Å². The molecule has 4 rings (SSSR count). The minimum atomic E-state index is -0.406. The molecule has 2 amide bonds. The van der Waals surface area contributed by atoms with Crippen LogP contribution in [-0.2, 0) is 17.9 Å². The number of carbonyl (C=O) groups is 2. The number of nitrogens with zero attached hydrogens (tertiary/aromatic N) is 1. The Hall–Kier alpha value is -3.45. The van der Waals surface area contributed by atoms with Crippen LogP contribution >= 0.6 is 11.8 Å². The van der Waals surface area contributed by atoms with Crippen molar-refractivity contribution in [2.75, 3.05) is 0 Å². The lowest BCUT2D eigenvalue weighted by molar-refractivity contribution is -0.123. The third-order valence-electron chi connectivity index (χ3n) is 4.64. The third kappa shape index (κ3) is 5.00. The van der Waals surface area contributed by atoms with Gasteiger partial charge >= 0.3 is 0 Å². The van der Waals surface area contributed by atoms with Crippen LogP contribution in [-0.4, -0.2) is 16.0 Å². The van der Waals surface area contributed by atoms with Gasteiger partial charge in [-0.2, -0.15) is 0 Å². The second kappa shape index (κ2) is 9.14. The van der Waals surface area contributed by atoms with E-state index in [9.17, 15) is 18.4 Å². The molecule has 31 heavy (non-hydrogen) atoms. The maximum atomic E-state index is 13.7. The van der Waals surface area contributed by atoms with Crippen LogP contribution in [0.25, 0.3) is 6.08 Å². The van der Waals surface area contributed by atoms with Crippen molar-refractivity contribution in [2.24, 2.45) is 0 Å². The van der Waals surface area contributed by atoms with Crippen LogP contribution in [0.15, 0.2) is 77.7 Å². The molecular formula is C24H17F2NO3S. The number of hydrogen-bond donors (Lipinski definition) is 0. The molecule has 7 heteroatoms. The molecule has 0 bridgehead atoms. The van der Waals surface area contributed by atoms with Gasteiger partial charge in [0.2, 0.25) is 0 Å². The maximum Gasteiger partial charge on any atom is 0.293 e. The molecule has 4 nitrogen and oxygen atoms in total. The number of benzene rings is 3. The summed E-state index contributed by atoms with van der Waals surface area (Å²) in [5, 5.41) is -0.382. The zero-order valence-electron chi connectivity index (χ0n) is 16.3. The van der Waals surface area contributed by atoms with Gasteiger partial charge in [0.1, 0.15) is 24.0 Å². The highest BCUT2D eigenvalue weighted by Crippen LogP contribution is 2.33. The highest BCUT2D eigenvalue weighted by molar-refractivity contribution is 8.18. The summed E-state index contributed by atoms with van der Waals surface area (Å²) < 4.78 is 32.5. The number of thioether (sulfide) groups is 1. The van der Waals surface area contributed by atoms with Gasteiger partial charge in [-0.05, 0) is 59.3 Å². The molecule has 3 aromatic carbocycles. The molecule has 1 saturated heterocycles. The SMILES string of the molecule is O=C1S/C(=C\c2cccc(OCc3ccccc3F)c2)C(=O)N1Cc1ccc(F)cc1. The van der Waals surface area contributed by atoms with Crippen molar-refractivity contribution in [3.63, 3.8) is 0 Å². The Labute approximate surface area is 182 Å². The Morgan fingerprint density at radius 3 is 2.48 bits per heavy atom.